The first-order chi connectivity index (χ1) is 18.9. The van der Waals surface area contributed by atoms with E-state index in [0.29, 0.717) is 53.7 Å². The van der Waals surface area contributed by atoms with E-state index >= 15 is 0 Å². The van der Waals surface area contributed by atoms with Crippen LogP contribution in [-0.2, 0) is 9.53 Å². The summed E-state index contributed by atoms with van der Waals surface area (Å²) in [5.74, 6) is 1.12. The van der Waals surface area contributed by atoms with Crippen molar-refractivity contribution in [3.8, 4) is 11.5 Å². The van der Waals surface area contributed by atoms with Gasteiger partial charge in [0.05, 0.1) is 28.5 Å². The van der Waals surface area contributed by atoms with Gasteiger partial charge in [-0.3, -0.25) is 9.36 Å². The summed E-state index contributed by atoms with van der Waals surface area (Å²) in [7, 11) is 0. The zero-order chi connectivity index (χ0) is 27.1. The van der Waals surface area contributed by atoms with Crippen LogP contribution in [0.25, 0.3) is 6.08 Å². The van der Waals surface area contributed by atoms with Crippen LogP contribution in [0.15, 0.2) is 78.3 Å². The molecule has 0 N–H and O–H groups in total. The Morgan fingerprint density at radius 1 is 1.21 bits per heavy atom. The summed E-state index contributed by atoms with van der Waals surface area (Å²) in [5, 5.41) is 1.17. The van der Waals surface area contributed by atoms with Gasteiger partial charge in [-0.05, 0) is 68.4 Å². The number of allylic oxidation sites excluding steroid dienone is 1. The number of hydrogen-bond acceptors (Lipinski definition) is 11. The number of esters is 1. The van der Waals surface area contributed by atoms with Crippen LogP contribution in [0.4, 0.5) is 0 Å². The summed E-state index contributed by atoms with van der Waals surface area (Å²) in [6.45, 7) is 5.68. The van der Waals surface area contributed by atoms with Gasteiger partial charge >= 0.3 is 5.97 Å². The predicted molar refractivity (Wildman–Crippen MR) is 143 cm³/mol. The molecule has 2 aliphatic rings. The molecule has 2 aliphatic heterocycles. The van der Waals surface area contributed by atoms with E-state index in [1.54, 1.807) is 50.4 Å². The largest absolute Gasteiger partial charge is 0.463 e. The Bertz CT molecular complexity index is 1820. The van der Waals surface area contributed by atoms with Crippen LogP contribution in [0, 0.1) is 6.92 Å². The Morgan fingerprint density at radius 3 is 2.87 bits per heavy atom. The fraction of sp³-hybridized carbons (Fsp3) is 0.222. The normalized spacial score (nSPS) is 16.3. The van der Waals surface area contributed by atoms with E-state index in [-0.39, 0.29) is 19.0 Å². The van der Waals surface area contributed by atoms with Gasteiger partial charge in [0.15, 0.2) is 26.5 Å². The van der Waals surface area contributed by atoms with Gasteiger partial charge in [-0.25, -0.2) is 19.8 Å². The molecule has 0 spiro atoms. The monoisotopic (exact) mass is 562 g/mol. The van der Waals surface area contributed by atoms with Crippen LogP contribution in [0.1, 0.15) is 36.9 Å². The van der Waals surface area contributed by atoms with Gasteiger partial charge in [0.2, 0.25) is 6.79 Å². The van der Waals surface area contributed by atoms with Crippen molar-refractivity contribution in [1.29, 1.82) is 0 Å². The Balaban J connectivity index is 1.43. The highest BCUT2D eigenvalue weighted by atomic mass is 32.2. The molecule has 1 aromatic carbocycles. The predicted octanol–water partition coefficient (Wildman–Crippen LogP) is 3.37. The van der Waals surface area contributed by atoms with E-state index in [2.05, 4.69) is 15.0 Å². The fourth-order valence-corrected chi connectivity index (χ4v) is 6.13. The molecule has 10 nitrogen and oxygen atoms in total. The lowest BCUT2D eigenvalue weighted by Crippen LogP contribution is -2.39. The van der Waals surface area contributed by atoms with Crippen LogP contribution < -0.4 is 24.4 Å². The molecule has 4 aromatic rings. The number of aromatic nitrogens is 3. The number of ether oxygens (including phenoxy) is 3. The van der Waals surface area contributed by atoms with E-state index < -0.39 is 12.0 Å². The van der Waals surface area contributed by atoms with Crippen LogP contribution in [0.3, 0.4) is 0 Å². The highest BCUT2D eigenvalue weighted by molar-refractivity contribution is 7.99. The molecule has 1 atom stereocenters. The second kappa shape index (κ2) is 10.2. The van der Waals surface area contributed by atoms with Crippen LogP contribution >= 0.6 is 23.1 Å². The third-order valence-electron chi connectivity index (χ3n) is 6.07. The van der Waals surface area contributed by atoms with Gasteiger partial charge in [0, 0.05) is 18.0 Å². The second-order valence-corrected chi connectivity index (χ2v) is 10.6. The average molecular weight is 563 g/mol. The molecule has 0 unspecified atom stereocenters. The summed E-state index contributed by atoms with van der Waals surface area (Å²) >= 11 is 2.51. The number of aryl methyl sites for hydroxylation is 1. The number of nitrogens with zero attached hydrogens (tertiary/aromatic N) is 4. The Labute approximate surface area is 230 Å². The smallest absolute Gasteiger partial charge is 0.338 e. The maximum Gasteiger partial charge on any atom is 0.338 e. The zero-order valence-corrected chi connectivity index (χ0v) is 22.8. The lowest BCUT2D eigenvalue weighted by molar-refractivity contribution is -0.139. The highest BCUT2D eigenvalue weighted by Gasteiger charge is 2.34. The molecule has 12 heteroatoms. The summed E-state index contributed by atoms with van der Waals surface area (Å²) in [6.07, 6.45) is 3.36. The van der Waals surface area contributed by atoms with Crippen molar-refractivity contribution in [2.75, 3.05) is 13.4 Å². The first-order valence-corrected chi connectivity index (χ1v) is 13.7. The Morgan fingerprint density at radius 2 is 2.05 bits per heavy atom. The Hall–Kier alpha value is -4.16. The van der Waals surface area contributed by atoms with Crippen LogP contribution in [0.5, 0.6) is 11.5 Å². The number of carbonyl (C=O) groups excluding carboxylic acids is 1. The molecule has 3 aromatic heterocycles. The standard InChI is InChI=1S/C27H22N4O6S2/c1-4-34-25(33)22-15(3)30-27-31(23(22)16-5-7-18-19(11-16)36-13-35-18)24(32)20(38-27)12-17-6-8-21(37-17)39-26-28-10-9-14(2)29-26/h5-12,23H,4,13H2,1-3H3/b20-12+/t23-/m1/s1. The van der Waals surface area contributed by atoms with Gasteiger partial charge in [0.25, 0.3) is 5.56 Å². The van der Waals surface area contributed by atoms with E-state index in [9.17, 15) is 9.59 Å². The SMILES string of the molecule is CCOC(=O)C1=C(C)N=c2s/c(=C/c3ccc(Sc4nccc(C)n4)o3)c(=O)n2[C@@H]1c1ccc2c(c1)OCO2. The molecule has 0 aliphatic carbocycles. The van der Waals surface area contributed by atoms with Crippen molar-refractivity contribution in [3.63, 3.8) is 0 Å². The minimum absolute atomic E-state index is 0.112. The summed E-state index contributed by atoms with van der Waals surface area (Å²) in [4.78, 5) is 40.6. The molecular formula is C27H22N4O6S2. The maximum absolute atomic E-state index is 13.8. The molecule has 0 saturated carbocycles. The second-order valence-electron chi connectivity index (χ2n) is 8.65. The minimum Gasteiger partial charge on any atom is -0.463 e. The van der Waals surface area contributed by atoms with E-state index in [4.69, 9.17) is 18.6 Å². The van der Waals surface area contributed by atoms with Crippen molar-refractivity contribution in [3.05, 3.63) is 90.6 Å². The fourth-order valence-electron chi connectivity index (χ4n) is 4.35. The Kier molecular flexibility index (Phi) is 6.57. The van der Waals surface area contributed by atoms with Gasteiger partial charge < -0.3 is 18.6 Å². The molecule has 0 saturated heterocycles. The zero-order valence-electron chi connectivity index (χ0n) is 21.2. The number of furan rings is 1. The summed E-state index contributed by atoms with van der Waals surface area (Å²) in [6, 6.07) is 10.0. The van der Waals surface area contributed by atoms with E-state index in [0.717, 1.165) is 5.69 Å². The number of rotatable bonds is 6. The third-order valence-corrected chi connectivity index (χ3v) is 7.85. The number of thiazole rings is 1. The maximum atomic E-state index is 13.8. The topological polar surface area (TPSA) is 118 Å². The first kappa shape index (κ1) is 25.1. The molecule has 198 valence electrons. The molecular weight excluding hydrogens is 540 g/mol. The number of hydrogen-bond donors (Lipinski definition) is 0. The van der Waals surface area contributed by atoms with Crippen molar-refractivity contribution in [2.45, 2.75) is 37.1 Å². The lowest BCUT2D eigenvalue weighted by atomic mass is 9.95. The number of carbonyl (C=O) groups is 1. The molecule has 0 fully saturated rings. The van der Waals surface area contributed by atoms with Gasteiger partial charge in [-0.15, -0.1) is 0 Å². The molecule has 39 heavy (non-hydrogen) atoms. The van der Waals surface area contributed by atoms with Gasteiger partial charge in [-0.2, -0.15) is 0 Å². The third kappa shape index (κ3) is 4.77. The van der Waals surface area contributed by atoms with Gasteiger partial charge in [0.1, 0.15) is 5.76 Å². The summed E-state index contributed by atoms with van der Waals surface area (Å²) in [5.41, 5.74) is 2.01. The molecule has 0 amide bonds. The van der Waals surface area contributed by atoms with Gasteiger partial charge in [-0.1, -0.05) is 17.4 Å². The van der Waals surface area contributed by atoms with E-state index in [1.807, 2.05) is 19.1 Å². The molecule has 6 rings (SSSR count). The average Bonchev–Trinajstić information content (AvgIpc) is 3.63. The minimum atomic E-state index is -0.752. The quantitative estimate of drug-likeness (QED) is 0.257. The highest BCUT2D eigenvalue weighted by Crippen LogP contribution is 2.38. The van der Waals surface area contributed by atoms with Crippen molar-refractivity contribution in [1.82, 2.24) is 14.5 Å². The van der Waals surface area contributed by atoms with Crippen LogP contribution in [0.2, 0.25) is 0 Å². The summed E-state index contributed by atoms with van der Waals surface area (Å²) < 4.78 is 24.2. The number of benzene rings is 1. The van der Waals surface area contributed by atoms with Crippen molar-refractivity contribution >= 4 is 35.1 Å². The molecule has 5 heterocycles. The van der Waals surface area contributed by atoms with Crippen molar-refractivity contribution < 1.29 is 23.4 Å². The molecule has 0 radical (unpaired) electrons. The molecule has 0 bridgehead atoms. The van der Waals surface area contributed by atoms with E-state index in [1.165, 1.54) is 27.7 Å². The number of fused-ring (bicyclic) bond motifs is 2. The lowest BCUT2D eigenvalue weighted by Gasteiger charge is -2.24. The van der Waals surface area contributed by atoms with Crippen molar-refractivity contribution in [2.24, 2.45) is 4.99 Å². The van der Waals surface area contributed by atoms with Crippen LogP contribution in [-0.4, -0.2) is 33.9 Å². The first-order valence-electron chi connectivity index (χ1n) is 12.1.